The summed E-state index contributed by atoms with van der Waals surface area (Å²) >= 11 is 0. The molecule has 0 aromatic heterocycles. The van der Waals surface area contributed by atoms with Gasteiger partial charge in [0.05, 0.1) is 0 Å². The summed E-state index contributed by atoms with van der Waals surface area (Å²) in [6.07, 6.45) is 1.55. The Morgan fingerprint density at radius 3 is 2.68 bits per heavy atom. The molecule has 1 amide bonds. The summed E-state index contributed by atoms with van der Waals surface area (Å²) < 4.78 is 5.25. The van der Waals surface area contributed by atoms with Gasteiger partial charge in [0.2, 0.25) is 5.91 Å². The summed E-state index contributed by atoms with van der Waals surface area (Å²) in [5, 5.41) is 11.8. The van der Waals surface area contributed by atoms with Gasteiger partial charge in [0, 0.05) is 12.6 Å². The number of rotatable bonds is 4. The topological polar surface area (TPSA) is 78.9 Å². The molecule has 6 nitrogen and oxygen atoms in total. The minimum absolute atomic E-state index is 0.160. The maximum absolute atomic E-state index is 12.0. The summed E-state index contributed by atoms with van der Waals surface area (Å²) in [4.78, 5) is 25.1. The van der Waals surface area contributed by atoms with Gasteiger partial charge in [-0.2, -0.15) is 0 Å². The fraction of sp³-hybridized carbons (Fsp3) is 0.846. The smallest absolute Gasteiger partial charge is 0.332 e. The highest BCUT2D eigenvalue weighted by molar-refractivity contribution is 5.82. The maximum Gasteiger partial charge on any atom is 0.332 e. The Labute approximate surface area is 113 Å². The van der Waals surface area contributed by atoms with Crippen LogP contribution in [0.4, 0.5) is 0 Å². The van der Waals surface area contributed by atoms with Gasteiger partial charge in [-0.05, 0) is 38.8 Å². The van der Waals surface area contributed by atoms with Crippen molar-refractivity contribution in [1.29, 1.82) is 0 Å². The molecule has 108 valence electrons. The minimum atomic E-state index is -0.981. The maximum atomic E-state index is 12.0. The van der Waals surface area contributed by atoms with Crippen LogP contribution >= 0.6 is 0 Å². The number of piperidine rings is 1. The zero-order valence-electron chi connectivity index (χ0n) is 11.3. The van der Waals surface area contributed by atoms with E-state index >= 15 is 0 Å². The predicted molar refractivity (Wildman–Crippen MR) is 68.8 cm³/mol. The summed E-state index contributed by atoms with van der Waals surface area (Å²) in [6.45, 7) is 5.07. The van der Waals surface area contributed by atoms with Crippen molar-refractivity contribution in [3.63, 3.8) is 0 Å². The number of nitrogens with zero attached hydrogens (tertiary/aromatic N) is 1. The standard InChI is InChI=1S/C13H22N2O4/c1-2-15-7-3-4-9(8-15)14-12(16)10-5-6-11(19-10)13(17)18/h9-11H,2-8H2,1H3,(H,14,16)(H,17,18)/t9?,10-,11+/m0/s1. The van der Waals surface area contributed by atoms with Gasteiger partial charge in [-0.25, -0.2) is 4.79 Å². The highest BCUT2D eigenvalue weighted by Crippen LogP contribution is 2.20. The minimum Gasteiger partial charge on any atom is -0.479 e. The first kappa shape index (κ1) is 14.3. The van der Waals surface area contributed by atoms with Crippen molar-refractivity contribution in [3.05, 3.63) is 0 Å². The lowest BCUT2D eigenvalue weighted by Crippen LogP contribution is -2.50. The number of carboxylic acids is 1. The molecule has 0 spiro atoms. The molecular formula is C13H22N2O4. The van der Waals surface area contributed by atoms with E-state index in [1.165, 1.54) is 0 Å². The van der Waals surface area contributed by atoms with E-state index in [4.69, 9.17) is 9.84 Å². The molecule has 2 aliphatic rings. The van der Waals surface area contributed by atoms with Crippen molar-refractivity contribution in [2.45, 2.75) is 50.9 Å². The molecule has 2 fully saturated rings. The van der Waals surface area contributed by atoms with Gasteiger partial charge >= 0.3 is 5.97 Å². The highest BCUT2D eigenvalue weighted by atomic mass is 16.5. The van der Waals surface area contributed by atoms with Crippen LogP contribution < -0.4 is 5.32 Å². The Hall–Kier alpha value is -1.14. The molecule has 3 atom stereocenters. The molecule has 2 saturated heterocycles. The molecule has 0 radical (unpaired) electrons. The predicted octanol–water partition coefficient (Wildman–Crippen LogP) is 0.219. The van der Waals surface area contributed by atoms with Crippen molar-refractivity contribution < 1.29 is 19.4 Å². The summed E-state index contributed by atoms with van der Waals surface area (Å²) in [5.74, 6) is -1.14. The summed E-state index contributed by atoms with van der Waals surface area (Å²) in [5.41, 5.74) is 0. The van der Waals surface area contributed by atoms with Gasteiger partial charge in [0.1, 0.15) is 6.10 Å². The van der Waals surface area contributed by atoms with Crippen LogP contribution in [0.2, 0.25) is 0 Å². The van der Waals surface area contributed by atoms with E-state index in [1.807, 2.05) is 0 Å². The molecule has 2 N–H and O–H groups in total. The zero-order valence-corrected chi connectivity index (χ0v) is 11.3. The van der Waals surface area contributed by atoms with Crippen LogP contribution in [0.1, 0.15) is 32.6 Å². The molecule has 0 bridgehead atoms. The van der Waals surface area contributed by atoms with Crippen LogP contribution in [0, 0.1) is 0 Å². The molecule has 19 heavy (non-hydrogen) atoms. The van der Waals surface area contributed by atoms with E-state index in [2.05, 4.69) is 17.1 Å². The number of carboxylic acid groups (broad SMARTS) is 1. The van der Waals surface area contributed by atoms with Crippen molar-refractivity contribution >= 4 is 11.9 Å². The molecule has 0 aliphatic carbocycles. The number of amides is 1. The molecule has 2 heterocycles. The Morgan fingerprint density at radius 2 is 2.05 bits per heavy atom. The summed E-state index contributed by atoms with van der Waals surface area (Å²) in [6, 6.07) is 0.161. The number of hydrogen-bond acceptors (Lipinski definition) is 4. The van der Waals surface area contributed by atoms with Crippen molar-refractivity contribution in [2.24, 2.45) is 0 Å². The Kier molecular flexibility index (Phi) is 4.76. The van der Waals surface area contributed by atoms with Gasteiger partial charge in [-0.15, -0.1) is 0 Å². The number of carbonyl (C=O) groups is 2. The molecule has 0 aromatic carbocycles. The second-order valence-corrected chi connectivity index (χ2v) is 5.27. The largest absolute Gasteiger partial charge is 0.479 e. The third-order valence-corrected chi connectivity index (χ3v) is 3.89. The first-order valence-corrected chi connectivity index (χ1v) is 7.01. The quantitative estimate of drug-likeness (QED) is 0.764. The Morgan fingerprint density at radius 1 is 1.32 bits per heavy atom. The highest BCUT2D eigenvalue weighted by Gasteiger charge is 2.35. The molecule has 2 aliphatic heterocycles. The van der Waals surface area contributed by atoms with Crippen LogP contribution in [0.15, 0.2) is 0 Å². The van der Waals surface area contributed by atoms with Gasteiger partial charge in [0.15, 0.2) is 6.10 Å². The molecule has 0 aromatic rings. The molecular weight excluding hydrogens is 248 g/mol. The SMILES string of the molecule is CCN1CCCC(NC(=O)[C@@H]2CC[C@H](C(=O)O)O2)C1. The first-order valence-electron chi connectivity index (χ1n) is 7.01. The lowest BCUT2D eigenvalue weighted by atomic mass is 10.1. The number of nitrogens with one attached hydrogen (secondary N) is 1. The number of likely N-dealkylation sites (N-methyl/N-ethyl adjacent to an activating group) is 1. The van der Waals surface area contributed by atoms with Gasteiger partial charge in [-0.1, -0.05) is 6.92 Å². The van der Waals surface area contributed by atoms with Crippen LogP contribution in [-0.4, -0.2) is 59.8 Å². The van der Waals surface area contributed by atoms with E-state index in [-0.39, 0.29) is 11.9 Å². The van der Waals surface area contributed by atoms with Crippen LogP contribution in [0.5, 0.6) is 0 Å². The van der Waals surface area contributed by atoms with Crippen molar-refractivity contribution in [3.8, 4) is 0 Å². The van der Waals surface area contributed by atoms with E-state index in [0.717, 1.165) is 32.5 Å². The van der Waals surface area contributed by atoms with Crippen LogP contribution in [0.25, 0.3) is 0 Å². The Bertz CT molecular complexity index is 348. The number of carbonyl (C=O) groups excluding carboxylic acids is 1. The average molecular weight is 270 g/mol. The normalized spacial score (nSPS) is 32.2. The third kappa shape index (κ3) is 3.67. The number of ether oxygens (including phenoxy) is 1. The molecule has 1 unspecified atom stereocenters. The zero-order chi connectivity index (χ0) is 13.8. The van der Waals surface area contributed by atoms with Crippen LogP contribution in [-0.2, 0) is 14.3 Å². The third-order valence-electron chi connectivity index (χ3n) is 3.89. The fourth-order valence-corrected chi connectivity index (χ4v) is 2.77. The lowest BCUT2D eigenvalue weighted by Gasteiger charge is -2.32. The average Bonchev–Trinajstić information content (AvgIpc) is 2.89. The fourth-order valence-electron chi connectivity index (χ4n) is 2.77. The van der Waals surface area contributed by atoms with Gasteiger partial charge in [-0.3, -0.25) is 4.79 Å². The lowest BCUT2D eigenvalue weighted by molar-refractivity contribution is -0.152. The van der Waals surface area contributed by atoms with E-state index in [1.54, 1.807) is 0 Å². The van der Waals surface area contributed by atoms with Crippen LogP contribution in [0.3, 0.4) is 0 Å². The van der Waals surface area contributed by atoms with Gasteiger partial charge < -0.3 is 20.1 Å². The number of aliphatic carboxylic acids is 1. The molecule has 2 rings (SSSR count). The summed E-state index contributed by atoms with van der Waals surface area (Å²) in [7, 11) is 0. The molecule has 0 saturated carbocycles. The number of likely N-dealkylation sites (tertiary alicyclic amines) is 1. The second kappa shape index (κ2) is 6.34. The monoisotopic (exact) mass is 270 g/mol. The first-order chi connectivity index (χ1) is 9.10. The van der Waals surface area contributed by atoms with Gasteiger partial charge in [0.25, 0.3) is 0 Å². The number of hydrogen-bond donors (Lipinski definition) is 2. The van der Waals surface area contributed by atoms with E-state index in [0.29, 0.717) is 12.8 Å². The van der Waals surface area contributed by atoms with Crippen molar-refractivity contribution in [2.75, 3.05) is 19.6 Å². The van der Waals surface area contributed by atoms with Crippen molar-refractivity contribution in [1.82, 2.24) is 10.2 Å². The molecule has 6 heteroatoms. The van der Waals surface area contributed by atoms with E-state index in [9.17, 15) is 9.59 Å². The van der Waals surface area contributed by atoms with E-state index < -0.39 is 18.2 Å². The second-order valence-electron chi connectivity index (χ2n) is 5.27. The Balaban J connectivity index is 1.79.